The summed E-state index contributed by atoms with van der Waals surface area (Å²) in [5, 5.41) is 30.6. The molecule has 1 saturated heterocycles. The number of carbonyl (C=O) groups is 1. The second-order valence-corrected chi connectivity index (χ2v) is 5.37. The predicted octanol–water partition coefficient (Wildman–Crippen LogP) is -0.496. The van der Waals surface area contributed by atoms with E-state index in [4.69, 9.17) is 10.2 Å². The van der Waals surface area contributed by atoms with Crippen LogP contribution in [0.5, 0.6) is 0 Å². The molecule has 0 aromatic rings. The molecule has 6 heteroatoms. The van der Waals surface area contributed by atoms with Gasteiger partial charge in [-0.15, -0.1) is 0 Å². The van der Waals surface area contributed by atoms with Crippen molar-refractivity contribution in [2.45, 2.75) is 38.3 Å². The summed E-state index contributed by atoms with van der Waals surface area (Å²) in [5.74, 6) is -0.613. The summed E-state index contributed by atoms with van der Waals surface area (Å²) in [6.45, 7) is 4.79. The Bertz CT molecular complexity index is 273. The molecular weight excluding hydrogens is 248 g/mol. The van der Waals surface area contributed by atoms with Crippen LogP contribution < -0.4 is 5.32 Å². The number of nitrogens with zero attached hydrogens (tertiary/aromatic N) is 1. The highest BCUT2D eigenvalue weighted by Gasteiger charge is 2.29. The van der Waals surface area contributed by atoms with Crippen LogP contribution in [0.25, 0.3) is 0 Å². The first kappa shape index (κ1) is 16.4. The van der Waals surface area contributed by atoms with Crippen LogP contribution in [0.1, 0.15) is 26.2 Å². The minimum atomic E-state index is -0.788. The van der Waals surface area contributed by atoms with E-state index in [0.717, 1.165) is 26.1 Å². The van der Waals surface area contributed by atoms with Crippen LogP contribution in [0.2, 0.25) is 0 Å². The van der Waals surface area contributed by atoms with Crippen molar-refractivity contribution in [1.29, 1.82) is 0 Å². The number of aliphatic carboxylic acids is 1. The van der Waals surface area contributed by atoms with Crippen molar-refractivity contribution in [3.63, 3.8) is 0 Å². The van der Waals surface area contributed by atoms with E-state index < -0.39 is 5.97 Å². The van der Waals surface area contributed by atoms with Gasteiger partial charge >= 0.3 is 5.97 Å². The zero-order valence-corrected chi connectivity index (χ0v) is 11.6. The average Bonchev–Trinajstić information content (AvgIpc) is 2.36. The lowest BCUT2D eigenvalue weighted by Gasteiger charge is -2.39. The molecular formula is C13H26N2O4. The van der Waals surface area contributed by atoms with Crippen molar-refractivity contribution in [2.24, 2.45) is 5.92 Å². The molecule has 1 rings (SSSR count). The van der Waals surface area contributed by atoms with Crippen LogP contribution in [-0.4, -0.2) is 71.1 Å². The first-order valence-electron chi connectivity index (χ1n) is 6.99. The van der Waals surface area contributed by atoms with Crippen molar-refractivity contribution >= 4 is 5.97 Å². The van der Waals surface area contributed by atoms with E-state index in [0.29, 0.717) is 13.0 Å². The van der Waals surface area contributed by atoms with Crippen LogP contribution in [0.4, 0.5) is 0 Å². The highest BCUT2D eigenvalue weighted by Crippen LogP contribution is 2.20. The van der Waals surface area contributed by atoms with Gasteiger partial charge in [-0.2, -0.15) is 0 Å². The van der Waals surface area contributed by atoms with Crippen molar-refractivity contribution in [1.82, 2.24) is 10.2 Å². The van der Waals surface area contributed by atoms with Gasteiger partial charge in [-0.3, -0.25) is 4.79 Å². The number of piperidine rings is 1. The van der Waals surface area contributed by atoms with E-state index in [9.17, 15) is 9.90 Å². The van der Waals surface area contributed by atoms with Gasteiger partial charge in [-0.05, 0) is 32.2 Å². The SMILES string of the molecule is CC(O)C1CC(NCCCO)CN(CCC(=O)O)C1. The molecule has 0 amide bonds. The standard InChI is InChI=1S/C13H26N2O4/c1-10(17)11-7-12(14-4-2-6-16)9-15(8-11)5-3-13(18)19/h10-12,14,16-17H,2-9H2,1H3,(H,18,19). The first-order valence-corrected chi connectivity index (χ1v) is 6.99. The third kappa shape index (κ3) is 6.33. The van der Waals surface area contributed by atoms with Crippen molar-refractivity contribution in [3.05, 3.63) is 0 Å². The normalized spacial score (nSPS) is 26.3. The fourth-order valence-electron chi connectivity index (χ4n) is 2.55. The van der Waals surface area contributed by atoms with Crippen molar-refractivity contribution < 1.29 is 20.1 Å². The van der Waals surface area contributed by atoms with E-state index in [1.54, 1.807) is 6.92 Å². The second kappa shape index (κ2) is 8.47. The molecule has 19 heavy (non-hydrogen) atoms. The predicted molar refractivity (Wildman–Crippen MR) is 72.0 cm³/mol. The third-order valence-electron chi connectivity index (χ3n) is 3.65. The van der Waals surface area contributed by atoms with Gasteiger partial charge in [0, 0.05) is 32.3 Å². The maximum atomic E-state index is 10.6. The van der Waals surface area contributed by atoms with E-state index >= 15 is 0 Å². The highest BCUT2D eigenvalue weighted by molar-refractivity contribution is 5.66. The summed E-state index contributed by atoms with van der Waals surface area (Å²) in [6.07, 6.45) is 1.36. The van der Waals surface area contributed by atoms with Crippen LogP contribution in [0.15, 0.2) is 0 Å². The Labute approximate surface area is 114 Å². The van der Waals surface area contributed by atoms with Crippen LogP contribution in [0, 0.1) is 5.92 Å². The third-order valence-corrected chi connectivity index (χ3v) is 3.65. The molecule has 1 aliphatic heterocycles. The number of hydrogen-bond donors (Lipinski definition) is 4. The molecule has 1 aliphatic rings. The molecule has 0 bridgehead atoms. The Balaban J connectivity index is 2.45. The lowest BCUT2D eigenvalue weighted by molar-refractivity contribution is -0.137. The molecule has 3 atom stereocenters. The average molecular weight is 274 g/mol. The molecule has 0 aromatic heterocycles. The van der Waals surface area contributed by atoms with Crippen LogP contribution >= 0.6 is 0 Å². The Kier molecular flexibility index (Phi) is 7.30. The van der Waals surface area contributed by atoms with Gasteiger partial charge in [0.2, 0.25) is 0 Å². The number of likely N-dealkylation sites (tertiary alicyclic amines) is 1. The molecule has 0 aliphatic carbocycles. The summed E-state index contributed by atoms with van der Waals surface area (Å²) in [5.41, 5.74) is 0. The van der Waals surface area contributed by atoms with E-state index in [1.807, 2.05) is 0 Å². The van der Waals surface area contributed by atoms with Crippen molar-refractivity contribution in [2.75, 3.05) is 32.8 Å². The van der Waals surface area contributed by atoms with Gasteiger partial charge < -0.3 is 25.5 Å². The summed E-state index contributed by atoms with van der Waals surface area (Å²) in [4.78, 5) is 12.7. The van der Waals surface area contributed by atoms with E-state index in [2.05, 4.69) is 10.2 Å². The van der Waals surface area contributed by atoms with Gasteiger partial charge in [0.15, 0.2) is 0 Å². The highest BCUT2D eigenvalue weighted by atomic mass is 16.4. The Morgan fingerprint density at radius 1 is 1.47 bits per heavy atom. The number of hydrogen-bond acceptors (Lipinski definition) is 5. The molecule has 0 radical (unpaired) electrons. The number of carboxylic acid groups (broad SMARTS) is 1. The number of aliphatic hydroxyl groups is 2. The zero-order chi connectivity index (χ0) is 14.3. The first-order chi connectivity index (χ1) is 9.02. The van der Waals surface area contributed by atoms with Gasteiger partial charge in [0.1, 0.15) is 0 Å². The Hall–Kier alpha value is -0.690. The summed E-state index contributed by atoms with van der Waals surface area (Å²) in [6, 6.07) is 0.258. The number of carboxylic acids is 1. The lowest BCUT2D eigenvalue weighted by Crippen LogP contribution is -2.52. The fraction of sp³-hybridized carbons (Fsp3) is 0.923. The number of nitrogens with one attached hydrogen (secondary N) is 1. The molecule has 4 N–H and O–H groups in total. The Morgan fingerprint density at radius 3 is 2.79 bits per heavy atom. The van der Waals surface area contributed by atoms with Crippen LogP contribution in [-0.2, 0) is 4.79 Å². The molecule has 0 saturated carbocycles. The van der Waals surface area contributed by atoms with Gasteiger partial charge in [0.05, 0.1) is 12.5 Å². The maximum Gasteiger partial charge on any atom is 0.304 e. The summed E-state index contributed by atoms with van der Waals surface area (Å²) in [7, 11) is 0. The number of aliphatic hydroxyl groups excluding tert-OH is 2. The van der Waals surface area contributed by atoms with E-state index in [1.165, 1.54) is 0 Å². The minimum Gasteiger partial charge on any atom is -0.481 e. The molecule has 0 spiro atoms. The van der Waals surface area contributed by atoms with Gasteiger partial charge in [0.25, 0.3) is 0 Å². The molecule has 0 aromatic carbocycles. The maximum absolute atomic E-state index is 10.6. The molecule has 1 heterocycles. The quantitative estimate of drug-likeness (QED) is 0.446. The fourth-order valence-corrected chi connectivity index (χ4v) is 2.55. The zero-order valence-electron chi connectivity index (χ0n) is 11.6. The Morgan fingerprint density at radius 2 is 2.21 bits per heavy atom. The van der Waals surface area contributed by atoms with Gasteiger partial charge in [-0.1, -0.05) is 0 Å². The molecule has 1 fully saturated rings. The second-order valence-electron chi connectivity index (χ2n) is 5.37. The monoisotopic (exact) mass is 274 g/mol. The largest absolute Gasteiger partial charge is 0.481 e. The molecule has 112 valence electrons. The molecule has 3 unspecified atom stereocenters. The van der Waals surface area contributed by atoms with Crippen LogP contribution in [0.3, 0.4) is 0 Å². The van der Waals surface area contributed by atoms with Gasteiger partial charge in [-0.25, -0.2) is 0 Å². The topological polar surface area (TPSA) is 93.0 Å². The summed E-state index contributed by atoms with van der Waals surface area (Å²) < 4.78 is 0. The molecule has 6 nitrogen and oxygen atoms in total. The van der Waals surface area contributed by atoms with Crippen molar-refractivity contribution in [3.8, 4) is 0 Å². The lowest BCUT2D eigenvalue weighted by atomic mass is 9.90. The van der Waals surface area contributed by atoms with E-state index in [-0.39, 0.29) is 31.1 Å². The number of rotatable bonds is 8. The summed E-state index contributed by atoms with van der Waals surface area (Å²) >= 11 is 0. The minimum absolute atomic E-state index is 0.135. The smallest absolute Gasteiger partial charge is 0.304 e.